The summed E-state index contributed by atoms with van der Waals surface area (Å²) in [5.41, 5.74) is 3.07. The number of aromatic amines is 1. The van der Waals surface area contributed by atoms with Gasteiger partial charge in [0.05, 0.1) is 28.6 Å². The number of benzene rings is 2. The first kappa shape index (κ1) is 18.5. The van der Waals surface area contributed by atoms with E-state index in [1.165, 1.54) is 0 Å². The summed E-state index contributed by atoms with van der Waals surface area (Å²) < 4.78 is 0. The van der Waals surface area contributed by atoms with Crippen molar-refractivity contribution >= 4 is 34.4 Å². The van der Waals surface area contributed by atoms with Gasteiger partial charge < -0.3 is 10.3 Å². The first-order valence-corrected chi connectivity index (χ1v) is 10.3. The van der Waals surface area contributed by atoms with Crippen LogP contribution < -0.4 is 5.32 Å². The molecule has 1 saturated carbocycles. The van der Waals surface area contributed by atoms with Gasteiger partial charge in [0.2, 0.25) is 17.7 Å². The van der Waals surface area contributed by atoms with Crippen LogP contribution in [0.5, 0.6) is 0 Å². The maximum atomic E-state index is 12.7. The summed E-state index contributed by atoms with van der Waals surface area (Å²) in [4.78, 5) is 47.0. The van der Waals surface area contributed by atoms with Crippen LogP contribution in [0.2, 0.25) is 0 Å². The Bertz CT molecular complexity index is 1100. The van der Waals surface area contributed by atoms with E-state index >= 15 is 0 Å². The van der Waals surface area contributed by atoms with E-state index in [-0.39, 0.29) is 36.1 Å². The molecule has 2 fully saturated rings. The van der Waals surface area contributed by atoms with Gasteiger partial charge in [-0.2, -0.15) is 0 Å². The summed E-state index contributed by atoms with van der Waals surface area (Å²) >= 11 is 0. The highest BCUT2D eigenvalue weighted by Gasteiger charge is 2.48. The molecule has 0 unspecified atom stereocenters. The predicted molar refractivity (Wildman–Crippen MR) is 112 cm³/mol. The van der Waals surface area contributed by atoms with Gasteiger partial charge >= 0.3 is 0 Å². The van der Waals surface area contributed by atoms with Crippen molar-refractivity contribution in [2.24, 2.45) is 11.8 Å². The molecular formula is C23H22N4O3. The molecule has 0 spiro atoms. The minimum Gasteiger partial charge on any atom is -0.338 e. The van der Waals surface area contributed by atoms with E-state index in [1.54, 1.807) is 6.07 Å². The van der Waals surface area contributed by atoms with Crippen molar-refractivity contribution in [2.45, 2.75) is 25.7 Å². The topological polar surface area (TPSA) is 95.2 Å². The maximum absolute atomic E-state index is 12.7. The average Bonchev–Trinajstić information content (AvgIpc) is 3.30. The van der Waals surface area contributed by atoms with Gasteiger partial charge in [-0.05, 0) is 37.1 Å². The second kappa shape index (κ2) is 7.40. The molecule has 2 atom stereocenters. The highest BCUT2D eigenvalue weighted by molar-refractivity contribution is 6.09. The van der Waals surface area contributed by atoms with Crippen LogP contribution in [0.3, 0.4) is 0 Å². The molecule has 2 heterocycles. The van der Waals surface area contributed by atoms with Crippen LogP contribution >= 0.6 is 0 Å². The number of H-pyrrole nitrogens is 1. The van der Waals surface area contributed by atoms with Gasteiger partial charge in [0.15, 0.2) is 0 Å². The van der Waals surface area contributed by atoms with Gasteiger partial charge in [0, 0.05) is 5.56 Å². The van der Waals surface area contributed by atoms with Crippen molar-refractivity contribution in [2.75, 3.05) is 11.9 Å². The quantitative estimate of drug-likeness (QED) is 0.655. The molecular weight excluding hydrogens is 380 g/mol. The number of nitrogens with one attached hydrogen (secondary N) is 2. The van der Waals surface area contributed by atoms with Crippen molar-refractivity contribution in [1.29, 1.82) is 0 Å². The molecule has 2 N–H and O–H groups in total. The van der Waals surface area contributed by atoms with E-state index < -0.39 is 0 Å². The second-order valence-corrected chi connectivity index (χ2v) is 7.96. The van der Waals surface area contributed by atoms with Crippen LogP contribution in [0.4, 0.5) is 5.69 Å². The lowest BCUT2D eigenvalue weighted by Crippen LogP contribution is -2.38. The Morgan fingerprint density at radius 2 is 1.67 bits per heavy atom. The number of nitrogens with zero attached hydrogens (tertiary/aromatic N) is 2. The number of imide groups is 1. The van der Waals surface area contributed by atoms with E-state index in [0.29, 0.717) is 11.5 Å². The number of rotatable bonds is 4. The summed E-state index contributed by atoms with van der Waals surface area (Å²) in [5, 5.41) is 2.86. The first-order chi connectivity index (χ1) is 14.6. The predicted octanol–water partition coefficient (Wildman–Crippen LogP) is 3.34. The van der Waals surface area contributed by atoms with Crippen molar-refractivity contribution in [3.8, 4) is 11.4 Å². The van der Waals surface area contributed by atoms with E-state index in [2.05, 4.69) is 15.3 Å². The molecule has 1 saturated heterocycles. The highest BCUT2D eigenvalue weighted by Crippen LogP contribution is 2.38. The van der Waals surface area contributed by atoms with Crippen molar-refractivity contribution < 1.29 is 14.4 Å². The van der Waals surface area contributed by atoms with Crippen molar-refractivity contribution in [1.82, 2.24) is 14.9 Å². The monoisotopic (exact) mass is 402 g/mol. The van der Waals surface area contributed by atoms with E-state index in [1.807, 2.05) is 42.5 Å². The molecule has 2 aliphatic rings. The number of hydrogen-bond acceptors (Lipinski definition) is 4. The summed E-state index contributed by atoms with van der Waals surface area (Å²) in [7, 11) is 0. The maximum Gasteiger partial charge on any atom is 0.244 e. The fourth-order valence-electron chi connectivity index (χ4n) is 4.60. The number of carbonyl (C=O) groups excluding carboxylic acids is 3. The van der Waals surface area contributed by atoms with Gasteiger partial charge in [-0.1, -0.05) is 37.1 Å². The molecule has 30 heavy (non-hydrogen) atoms. The van der Waals surface area contributed by atoms with Gasteiger partial charge in [0.1, 0.15) is 12.4 Å². The molecule has 1 aliphatic heterocycles. The Kier molecular flexibility index (Phi) is 4.58. The molecule has 0 radical (unpaired) electrons. The number of aromatic nitrogens is 2. The van der Waals surface area contributed by atoms with Crippen molar-refractivity contribution in [3.63, 3.8) is 0 Å². The van der Waals surface area contributed by atoms with Crippen LogP contribution in [0.1, 0.15) is 25.7 Å². The number of fused-ring (bicyclic) bond motifs is 2. The fourth-order valence-corrected chi connectivity index (χ4v) is 4.60. The molecule has 152 valence electrons. The number of imidazole rings is 1. The van der Waals surface area contributed by atoms with Crippen LogP contribution in [-0.4, -0.2) is 39.1 Å². The van der Waals surface area contributed by atoms with Gasteiger partial charge in [-0.15, -0.1) is 0 Å². The zero-order chi connectivity index (χ0) is 20.7. The number of amides is 3. The third-order valence-corrected chi connectivity index (χ3v) is 6.08. The van der Waals surface area contributed by atoms with Crippen LogP contribution in [-0.2, 0) is 14.4 Å². The molecule has 3 aromatic rings. The SMILES string of the molecule is O=C(CN1C(=O)[C@@H]2CCCC[C@H]2C1=O)Nc1ccccc1-c1nc2ccccc2[nH]1. The summed E-state index contributed by atoms with van der Waals surface area (Å²) in [6, 6.07) is 15.1. The third-order valence-electron chi connectivity index (χ3n) is 6.08. The first-order valence-electron chi connectivity index (χ1n) is 10.3. The molecule has 3 amide bonds. The summed E-state index contributed by atoms with van der Waals surface area (Å²) in [6.45, 7) is -0.251. The molecule has 7 nitrogen and oxygen atoms in total. The number of carbonyl (C=O) groups is 3. The molecule has 7 heteroatoms. The second-order valence-electron chi connectivity index (χ2n) is 7.96. The molecule has 2 aromatic carbocycles. The molecule has 5 rings (SSSR count). The minimum absolute atomic E-state index is 0.203. The van der Waals surface area contributed by atoms with E-state index in [0.717, 1.165) is 47.2 Å². The lowest BCUT2D eigenvalue weighted by molar-refractivity contribution is -0.142. The zero-order valence-corrected chi connectivity index (χ0v) is 16.4. The van der Waals surface area contributed by atoms with Gasteiger partial charge in [-0.3, -0.25) is 19.3 Å². The Labute approximate surface area is 173 Å². The van der Waals surface area contributed by atoms with Crippen LogP contribution in [0.15, 0.2) is 48.5 Å². The van der Waals surface area contributed by atoms with E-state index in [9.17, 15) is 14.4 Å². The zero-order valence-electron chi connectivity index (χ0n) is 16.4. The number of likely N-dealkylation sites (tertiary alicyclic amines) is 1. The largest absolute Gasteiger partial charge is 0.338 e. The van der Waals surface area contributed by atoms with Gasteiger partial charge in [0.25, 0.3) is 0 Å². The Morgan fingerprint density at radius 3 is 2.40 bits per heavy atom. The number of anilines is 1. The Morgan fingerprint density at radius 1 is 1.00 bits per heavy atom. The summed E-state index contributed by atoms with van der Waals surface area (Å²) in [5.74, 6) is -0.648. The average molecular weight is 402 g/mol. The fraction of sp³-hybridized carbons (Fsp3) is 0.304. The minimum atomic E-state index is -0.390. The highest BCUT2D eigenvalue weighted by atomic mass is 16.2. The normalized spacial score (nSPS) is 21.1. The third kappa shape index (κ3) is 3.16. The number of hydrogen-bond donors (Lipinski definition) is 2. The molecule has 1 aliphatic carbocycles. The lowest BCUT2D eigenvalue weighted by atomic mass is 9.81. The Hall–Kier alpha value is -3.48. The van der Waals surface area contributed by atoms with Crippen LogP contribution in [0.25, 0.3) is 22.4 Å². The summed E-state index contributed by atoms with van der Waals surface area (Å²) in [6.07, 6.45) is 3.40. The Balaban J connectivity index is 1.36. The van der Waals surface area contributed by atoms with Gasteiger partial charge in [-0.25, -0.2) is 4.98 Å². The smallest absolute Gasteiger partial charge is 0.244 e. The molecule has 0 bridgehead atoms. The lowest BCUT2D eigenvalue weighted by Gasteiger charge is -2.19. The van der Waals surface area contributed by atoms with Crippen molar-refractivity contribution in [3.05, 3.63) is 48.5 Å². The standard InChI is InChI=1S/C23H22N4O3/c28-20(13-27-22(29)14-7-1-2-8-15(14)23(27)30)24-17-10-4-3-9-16(17)21-25-18-11-5-6-12-19(18)26-21/h3-6,9-12,14-15H,1-2,7-8,13H2,(H,24,28)(H,25,26)/t14-,15-/m1/s1. The number of para-hydroxylation sites is 3. The van der Waals surface area contributed by atoms with E-state index in [4.69, 9.17) is 0 Å². The van der Waals surface area contributed by atoms with Crippen LogP contribution in [0, 0.1) is 11.8 Å². The molecule has 1 aromatic heterocycles.